The van der Waals surface area contributed by atoms with E-state index in [4.69, 9.17) is 21.1 Å². The van der Waals surface area contributed by atoms with Gasteiger partial charge in [-0.15, -0.1) is 0 Å². The summed E-state index contributed by atoms with van der Waals surface area (Å²) in [6, 6.07) is 20.2. The Balaban J connectivity index is 1.42. The molecule has 0 saturated carbocycles. The van der Waals surface area contributed by atoms with Gasteiger partial charge >= 0.3 is 0 Å². The van der Waals surface area contributed by atoms with Gasteiger partial charge in [-0.2, -0.15) is 5.10 Å². The highest BCUT2D eigenvalue weighted by molar-refractivity contribution is 6.30. The first-order valence-corrected chi connectivity index (χ1v) is 9.14. The molecule has 0 aliphatic rings. The van der Waals surface area contributed by atoms with Crippen LogP contribution >= 0.6 is 11.6 Å². The number of ether oxygens (including phenoxy) is 2. The molecule has 0 atom stereocenters. The minimum absolute atomic E-state index is 0.143. The van der Waals surface area contributed by atoms with Crippen molar-refractivity contribution >= 4 is 23.7 Å². The lowest BCUT2D eigenvalue weighted by molar-refractivity contribution is -0.123. The maximum atomic E-state index is 13.6. The first-order chi connectivity index (χ1) is 14.1. The van der Waals surface area contributed by atoms with Gasteiger partial charge in [0.2, 0.25) is 0 Å². The number of amides is 1. The summed E-state index contributed by atoms with van der Waals surface area (Å²) in [6.45, 7) is -0.0222. The van der Waals surface area contributed by atoms with Crippen LogP contribution in [0.25, 0.3) is 0 Å². The molecule has 0 aromatic heterocycles. The molecule has 3 aromatic rings. The van der Waals surface area contributed by atoms with Gasteiger partial charge in [-0.05, 0) is 60.2 Å². The van der Waals surface area contributed by atoms with E-state index in [9.17, 15) is 9.18 Å². The lowest BCUT2D eigenvalue weighted by atomic mass is 10.2. The highest BCUT2D eigenvalue weighted by Gasteiger charge is 2.03. The second-order valence-electron chi connectivity index (χ2n) is 5.98. The molecule has 7 heteroatoms. The van der Waals surface area contributed by atoms with Crippen LogP contribution in [0.4, 0.5) is 4.39 Å². The van der Waals surface area contributed by atoms with E-state index >= 15 is 0 Å². The summed E-state index contributed by atoms with van der Waals surface area (Å²) in [5.74, 6) is 0.457. The zero-order valence-corrected chi connectivity index (χ0v) is 16.1. The van der Waals surface area contributed by atoms with Crippen molar-refractivity contribution in [3.8, 4) is 11.5 Å². The molecule has 1 N–H and O–H groups in total. The Hall–Kier alpha value is -3.38. The van der Waals surface area contributed by atoms with Crippen molar-refractivity contribution in [3.05, 3.63) is 94.8 Å². The Labute approximate surface area is 172 Å². The van der Waals surface area contributed by atoms with Crippen molar-refractivity contribution in [1.82, 2.24) is 5.43 Å². The molecule has 0 aliphatic heterocycles. The topological polar surface area (TPSA) is 59.9 Å². The van der Waals surface area contributed by atoms with Crippen molar-refractivity contribution in [1.29, 1.82) is 0 Å². The third-order valence-electron chi connectivity index (χ3n) is 3.82. The summed E-state index contributed by atoms with van der Waals surface area (Å²) >= 11 is 5.79. The van der Waals surface area contributed by atoms with Crippen molar-refractivity contribution in [2.45, 2.75) is 6.61 Å². The van der Waals surface area contributed by atoms with Crippen LogP contribution in [0.3, 0.4) is 0 Å². The monoisotopic (exact) mass is 412 g/mol. The zero-order chi connectivity index (χ0) is 20.5. The summed E-state index contributed by atoms with van der Waals surface area (Å²) in [6.07, 6.45) is 1.50. The molecule has 0 saturated heterocycles. The molecule has 0 unspecified atom stereocenters. The highest BCUT2D eigenvalue weighted by atomic mass is 35.5. The Bertz CT molecular complexity index is 976. The molecule has 0 aliphatic carbocycles. The molecule has 3 aromatic carbocycles. The number of nitrogens with one attached hydrogen (secondary N) is 1. The number of hydrogen-bond donors (Lipinski definition) is 1. The number of hydrazone groups is 1. The number of nitrogens with zero attached hydrogens (tertiary/aromatic N) is 1. The van der Waals surface area contributed by atoms with Crippen LogP contribution in [0, 0.1) is 5.82 Å². The number of rotatable bonds is 8. The van der Waals surface area contributed by atoms with E-state index < -0.39 is 0 Å². The van der Waals surface area contributed by atoms with Crippen LogP contribution in [0.5, 0.6) is 11.5 Å². The number of carbonyl (C=O) groups is 1. The predicted octanol–water partition coefficient (Wildman–Crippen LogP) is 4.59. The molecular weight excluding hydrogens is 395 g/mol. The van der Waals surface area contributed by atoms with Gasteiger partial charge in [0, 0.05) is 10.6 Å². The maximum Gasteiger partial charge on any atom is 0.277 e. The molecule has 0 fully saturated rings. The van der Waals surface area contributed by atoms with Crippen LogP contribution < -0.4 is 14.9 Å². The van der Waals surface area contributed by atoms with Crippen LogP contribution in [0.2, 0.25) is 5.02 Å². The summed E-state index contributed by atoms with van der Waals surface area (Å²) in [5.41, 5.74) is 3.64. The van der Waals surface area contributed by atoms with E-state index in [1.54, 1.807) is 66.7 Å². The van der Waals surface area contributed by atoms with Crippen LogP contribution in [0.1, 0.15) is 11.1 Å². The zero-order valence-electron chi connectivity index (χ0n) is 15.3. The predicted molar refractivity (Wildman–Crippen MR) is 110 cm³/mol. The second kappa shape index (κ2) is 10.2. The Morgan fingerprint density at radius 2 is 1.62 bits per heavy atom. The Morgan fingerprint density at radius 1 is 0.966 bits per heavy atom. The minimum atomic E-state index is -0.388. The fourth-order valence-electron chi connectivity index (χ4n) is 2.32. The van der Waals surface area contributed by atoms with Gasteiger partial charge in [0.25, 0.3) is 5.91 Å². The lowest BCUT2D eigenvalue weighted by Crippen LogP contribution is -2.24. The van der Waals surface area contributed by atoms with Crippen molar-refractivity contribution in [3.63, 3.8) is 0 Å². The van der Waals surface area contributed by atoms with Crippen molar-refractivity contribution in [2.75, 3.05) is 6.61 Å². The van der Waals surface area contributed by atoms with Gasteiger partial charge in [0.1, 0.15) is 23.9 Å². The SMILES string of the molecule is O=C(COc1ccc(Cl)cc1)N/N=C\c1ccc(OCc2ccccc2F)cc1. The van der Waals surface area contributed by atoms with E-state index in [0.717, 1.165) is 5.56 Å². The quantitative estimate of drug-likeness (QED) is 0.435. The standard InChI is InChI=1S/C22H18ClFN2O3/c23-18-7-11-20(12-8-18)29-15-22(27)26-25-13-16-5-9-19(10-6-16)28-14-17-3-1-2-4-21(17)24/h1-13H,14-15H2,(H,26,27)/b25-13-. The van der Waals surface area contributed by atoms with Gasteiger partial charge in [0.05, 0.1) is 6.21 Å². The molecule has 148 valence electrons. The normalized spacial score (nSPS) is 10.7. The molecule has 3 rings (SSSR count). The molecule has 5 nitrogen and oxygen atoms in total. The fraction of sp³-hybridized carbons (Fsp3) is 0.0909. The van der Waals surface area contributed by atoms with Crippen LogP contribution in [-0.4, -0.2) is 18.7 Å². The van der Waals surface area contributed by atoms with Crippen molar-refractivity contribution < 1.29 is 18.7 Å². The van der Waals surface area contributed by atoms with Crippen molar-refractivity contribution in [2.24, 2.45) is 5.10 Å². The van der Waals surface area contributed by atoms with E-state index in [1.807, 2.05) is 0 Å². The third kappa shape index (κ3) is 6.62. The van der Waals surface area contributed by atoms with E-state index in [2.05, 4.69) is 10.5 Å². The average molecular weight is 413 g/mol. The van der Waals surface area contributed by atoms with Gasteiger partial charge in [-0.3, -0.25) is 4.79 Å². The van der Waals surface area contributed by atoms with Gasteiger partial charge in [0.15, 0.2) is 6.61 Å². The summed E-state index contributed by atoms with van der Waals surface area (Å²) < 4.78 is 24.5. The molecular formula is C22H18ClFN2O3. The molecule has 0 bridgehead atoms. The van der Waals surface area contributed by atoms with Gasteiger partial charge < -0.3 is 9.47 Å². The molecule has 1 amide bonds. The molecule has 0 spiro atoms. The molecule has 0 radical (unpaired) electrons. The number of halogens is 2. The number of hydrogen-bond acceptors (Lipinski definition) is 4. The van der Waals surface area contributed by atoms with E-state index in [1.165, 1.54) is 12.3 Å². The fourth-order valence-corrected chi connectivity index (χ4v) is 2.44. The third-order valence-corrected chi connectivity index (χ3v) is 4.07. The number of benzene rings is 3. The Kier molecular flexibility index (Phi) is 7.19. The number of carbonyl (C=O) groups excluding carboxylic acids is 1. The summed E-state index contributed by atoms with van der Waals surface area (Å²) in [5, 5.41) is 4.48. The first kappa shape index (κ1) is 20.4. The van der Waals surface area contributed by atoms with Crippen LogP contribution in [-0.2, 0) is 11.4 Å². The second-order valence-corrected chi connectivity index (χ2v) is 6.42. The molecule has 29 heavy (non-hydrogen) atoms. The maximum absolute atomic E-state index is 13.6. The first-order valence-electron chi connectivity index (χ1n) is 8.77. The smallest absolute Gasteiger partial charge is 0.277 e. The molecule has 0 heterocycles. The largest absolute Gasteiger partial charge is 0.489 e. The minimum Gasteiger partial charge on any atom is -0.489 e. The highest BCUT2D eigenvalue weighted by Crippen LogP contribution is 2.16. The van der Waals surface area contributed by atoms with Gasteiger partial charge in [-0.1, -0.05) is 29.8 Å². The summed E-state index contributed by atoms with van der Waals surface area (Å²) in [7, 11) is 0. The van der Waals surface area contributed by atoms with E-state index in [0.29, 0.717) is 22.1 Å². The van der Waals surface area contributed by atoms with E-state index in [-0.39, 0.29) is 24.9 Å². The van der Waals surface area contributed by atoms with Gasteiger partial charge in [-0.25, -0.2) is 9.82 Å². The Morgan fingerprint density at radius 3 is 2.34 bits per heavy atom. The average Bonchev–Trinajstić information content (AvgIpc) is 2.74. The lowest BCUT2D eigenvalue weighted by Gasteiger charge is -2.07. The summed E-state index contributed by atoms with van der Waals surface area (Å²) in [4.78, 5) is 11.7. The van der Waals surface area contributed by atoms with Crippen LogP contribution in [0.15, 0.2) is 77.9 Å².